The molecule has 16 heteroatoms. The van der Waals surface area contributed by atoms with Gasteiger partial charge in [-0.15, -0.1) is 16.4 Å². The van der Waals surface area contributed by atoms with Gasteiger partial charge in [0.05, 0.1) is 27.3 Å². The molecule has 0 bridgehead atoms. The summed E-state index contributed by atoms with van der Waals surface area (Å²) in [6, 6.07) is 10.9. The number of carbonyl (C=O) groups is 2. The van der Waals surface area contributed by atoms with Crippen molar-refractivity contribution < 1.29 is 19.4 Å². The second-order valence-electron chi connectivity index (χ2n) is 8.69. The van der Waals surface area contributed by atoms with Crippen molar-refractivity contribution >= 4 is 51.4 Å². The smallest absolute Gasteiger partial charge is 0.270 e. The summed E-state index contributed by atoms with van der Waals surface area (Å²) < 4.78 is 0. The molecule has 0 saturated heterocycles. The molecule has 3 N–H and O–H groups in total. The van der Waals surface area contributed by atoms with Crippen LogP contribution in [0.1, 0.15) is 36.1 Å². The third-order valence-electron chi connectivity index (χ3n) is 5.48. The number of nitro benzene ring substituents is 2. The van der Waals surface area contributed by atoms with E-state index in [0.717, 1.165) is 11.8 Å². The molecular weight excluding hydrogens is 560 g/mol. The van der Waals surface area contributed by atoms with Crippen molar-refractivity contribution in [2.24, 2.45) is 5.92 Å². The van der Waals surface area contributed by atoms with Crippen LogP contribution in [-0.2, 0) is 4.79 Å². The molecule has 2 heterocycles. The van der Waals surface area contributed by atoms with E-state index < -0.39 is 21.8 Å². The van der Waals surface area contributed by atoms with E-state index in [0.29, 0.717) is 22.2 Å². The van der Waals surface area contributed by atoms with Crippen LogP contribution in [0.2, 0.25) is 0 Å². The van der Waals surface area contributed by atoms with Crippen LogP contribution < -0.4 is 10.6 Å². The van der Waals surface area contributed by atoms with Gasteiger partial charge in [-0.05, 0) is 12.0 Å². The fourth-order valence-corrected chi connectivity index (χ4v) is 4.87. The SMILES string of the molecule is CC(C)[C@@H](NC(=O)c1cccc([N+](=O)[O-])c1)c1nc(SCC(=O)Nc2nc(-c3cccc([N+](=O)[O-])c3)cs2)n[nH]1. The first-order valence-corrected chi connectivity index (χ1v) is 13.6. The monoisotopic (exact) mass is 582 g/mol. The number of H-pyrrole nitrogens is 1. The summed E-state index contributed by atoms with van der Waals surface area (Å²) in [6.45, 7) is 3.74. The minimum Gasteiger partial charge on any atom is -0.342 e. The number of benzene rings is 2. The van der Waals surface area contributed by atoms with Crippen molar-refractivity contribution in [2.75, 3.05) is 11.1 Å². The van der Waals surface area contributed by atoms with Gasteiger partial charge in [0.2, 0.25) is 11.1 Å². The molecule has 40 heavy (non-hydrogen) atoms. The Balaban J connectivity index is 1.34. The lowest BCUT2D eigenvalue weighted by atomic mass is 10.0. The van der Waals surface area contributed by atoms with E-state index in [-0.39, 0.29) is 39.7 Å². The molecule has 0 saturated carbocycles. The average Bonchev–Trinajstić information content (AvgIpc) is 3.60. The summed E-state index contributed by atoms with van der Waals surface area (Å²) in [5.74, 6) is -0.592. The van der Waals surface area contributed by atoms with Gasteiger partial charge in [-0.1, -0.05) is 43.8 Å². The van der Waals surface area contributed by atoms with Gasteiger partial charge in [0, 0.05) is 40.8 Å². The number of nitro groups is 2. The molecule has 0 unspecified atom stereocenters. The van der Waals surface area contributed by atoms with Gasteiger partial charge in [0.15, 0.2) is 5.13 Å². The van der Waals surface area contributed by atoms with Crippen LogP contribution in [0.5, 0.6) is 0 Å². The zero-order chi connectivity index (χ0) is 28.8. The summed E-state index contributed by atoms with van der Waals surface area (Å²) in [7, 11) is 0. The van der Waals surface area contributed by atoms with Gasteiger partial charge < -0.3 is 10.6 Å². The number of aromatic nitrogens is 4. The Labute approximate surface area is 234 Å². The number of thioether (sulfide) groups is 1. The van der Waals surface area contributed by atoms with Crippen LogP contribution in [0.15, 0.2) is 59.1 Å². The van der Waals surface area contributed by atoms with Crippen molar-refractivity contribution in [3.05, 3.63) is 85.5 Å². The van der Waals surface area contributed by atoms with E-state index in [1.165, 1.54) is 47.7 Å². The number of carbonyl (C=O) groups excluding carboxylic acids is 2. The highest BCUT2D eigenvalue weighted by Crippen LogP contribution is 2.28. The lowest BCUT2D eigenvalue weighted by Gasteiger charge is -2.19. The Morgan fingerprint density at radius 1 is 1.05 bits per heavy atom. The number of hydrogen-bond donors (Lipinski definition) is 3. The summed E-state index contributed by atoms with van der Waals surface area (Å²) in [6.07, 6.45) is 0. The first-order chi connectivity index (χ1) is 19.1. The highest BCUT2D eigenvalue weighted by molar-refractivity contribution is 7.99. The van der Waals surface area contributed by atoms with Crippen molar-refractivity contribution in [1.82, 2.24) is 25.5 Å². The van der Waals surface area contributed by atoms with Crippen molar-refractivity contribution in [3.63, 3.8) is 0 Å². The first-order valence-electron chi connectivity index (χ1n) is 11.7. The van der Waals surface area contributed by atoms with Crippen molar-refractivity contribution in [2.45, 2.75) is 25.0 Å². The summed E-state index contributed by atoms with van der Waals surface area (Å²) in [5, 5.41) is 36.8. The molecular formula is C24H22N8O6S2. The molecule has 0 fully saturated rings. The predicted octanol–water partition coefficient (Wildman–Crippen LogP) is 4.60. The van der Waals surface area contributed by atoms with E-state index in [4.69, 9.17) is 0 Å². The number of amides is 2. The average molecular weight is 583 g/mol. The Hall–Kier alpha value is -4.70. The van der Waals surface area contributed by atoms with Crippen LogP contribution >= 0.6 is 23.1 Å². The molecule has 0 aliphatic rings. The topological polar surface area (TPSA) is 199 Å². The fraction of sp³-hybridized carbons (Fsp3) is 0.208. The maximum atomic E-state index is 12.8. The van der Waals surface area contributed by atoms with Crippen LogP contribution in [0.3, 0.4) is 0 Å². The maximum Gasteiger partial charge on any atom is 0.270 e. The van der Waals surface area contributed by atoms with Gasteiger partial charge in [-0.25, -0.2) is 9.97 Å². The summed E-state index contributed by atoms with van der Waals surface area (Å²) in [4.78, 5) is 54.9. The number of aromatic amines is 1. The summed E-state index contributed by atoms with van der Waals surface area (Å²) >= 11 is 2.26. The second kappa shape index (κ2) is 12.4. The number of nitrogens with zero attached hydrogens (tertiary/aromatic N) is 5. The molecule has 0 spiro atoms. The van der Waals surface area contributed by atoms with Crippen LogP contribution in [0.25, 0.3) is 11.3 Å². The Morgan fingerprint density at radius 3 is 2.45 bits per heavy atom. The molecule has 0 aliphatic carbocycles. The molecule has 2 amide bonds. The van der Waals surface area contributed by atoms with Crippen LogP contribution in [0, 0.1) is 26.1 Å². The highest BCUT2D eigenvalue weighted by atomic mass is 32.2. The van der Waals surface area contributed by atoms with Crippen molar-refractivity contribution in [3.8, 4) is 11.3 Å². The lowest BCUT2D eigenvalue weighted by Crippen LogP contribution is -2.32. The van der Waals surface area contributed by atoms with Crippen molar-refractivity contribution in [1.29, 1.82) is 0 Å². The van der Waals surface area contributed by atoms with E-state index in [9.17, 15) is 29.8 Å². The Bertz CT molecular complexity index is 1570. The predicted molar refractivity (Wildman–Crippen MR) is 148 cm³/mol. The molecule has 14 nitrogen and oxygen atoms in total. The molecule has 0 aliphatic heterocycles. The number of hydrogen-bond acceptors (Lipinski definition) is 11. The molecule has 4 aromatic rings. The van der Waals surface area contributed by atoms with Crippen LogP contribution in [-0.4, -0.2) is 47.6 Å². The minimum atomic E-state index is -0.572. The maximum absolute atomic E-state index is 12.8. The third kappa shape index (κ3) is 7.03. The number of thiazole rings is 1. The number of rotatable bonds is 11. The fourth-order valence-electron chi connectivity index (χ4n) is 3.53. The third-order valence-corrected chi connectivity index (χ3v) is 7.09. The van der Waals surface area contributed by atoms with Gasteiger partial charge in [0.1, 0.15) is 5.82 Å². The Kier molecular flexibility index (Phi) is 8.80. The lowest BCUT2D eigenvalue weighted by molar-refractivity contribution is -0.385. The van der Waals surface area contributed by atoms with Gasteiger partial charge in [-0.3, -0.25) is 34.9 Å². The van der Waals surface area contributed by atoms with Gasteiger partial charge in [-0.2, -0.15) is 0 Å². The Morgan fingerprint density at radius 2 is 1.75 bits per heavy atom. The number of non-ortho nitro benzene ring substituents is 2. The standard InChI is InChI=1S/C24H22N8O6S2/c1-13(2)20(27-22(34)15-6-4-8-17(10-15)32(37)38)21-28-24(30-29-21)40-12-19(33)26-23-25-18(11-39-23)14-5-3-7-16(9-14)31(35)36/h3-11,13,20H,12H2,1-2H3,(H,27,34)(H,25,26,33)(H,28,29,30)/t20-/m1/s1. The number of nitrogens with one attached hydrogen (secondary N) is 3. The van der Waals surface area contributed by atoms with E-state index in [2.05, 4.69) is 30.8 Å². The zero-order valence-electron chi connectivity index (χ0n) is 21.1. The van der Waals surface area contributed by atoms with E-state index in [1.54, 1.807) is 17.5 Å². The highest BCUT2D eigenvalue weighted by Gasteiger charge is 2.24. The molecule has 1 atom stereocenters. The number of anilines is 1. The summed E-state index contributed by atoms with van der Waals surface area (Å²) in [5.41, 5.74) is 0.958. The van der Waals surface area contributed by atoms with E-state index in [1.807, 2.05) is 13.8 Å². The second-order valence-corrected chi connectivity index (χ2v) is 10.5. The molecule has 2 aromatic heterocycles. The van der Waals surface area contributed by atoms with Gasteiger partial charge >= 0.3 is 0 Å². The zero-order valence-corrected chi connectivity index (χ0v) is 22.7. The minimum absolute atomic E-state index is 0.0184. The van der Waals surface area contributed by atoms with E-state index >= 15 is 0 Å². The normalized spacial score (nSPS) is 11.7. The molecule has 4 rings (SSSR count). The largest absolute Gasteiger partial charge is 0.342 e. The van der Waals surface area contributed by atoms with Crippen LogP contribution in [0.4, 0.5) is 16.5 Å². The molecule has 2 aromatic carbocycles. The first kappa shape index (κ1) is 28.3. The van der Waals surface area contributed by atoms with Gasteiger partial charge in [0.25, 0.3) is 17.3 Å². The molecule has 0 radical (unpaired) electrons. The quantitative estimate of drug-likeness (QED) is 0.127. The molecule has 206 valence electrons.